The summed E-state index contributed by atoms with van der Waals surface area (Å²) in [5.41, 5.74) is 2.98. The molecule has 0 amide bonds. The third-order valence-electron chi connectivity index (χ3n) is 5.35. The maximum Gasteiger partial charge on any atom is 0.320 e. The molecule has 2 aromatic rings. The Hall–Kier alpha value is -2.86. The first kappa shape index (κ1) is 17.5. The number of aliphatic carboxylic acids is 2. The predicted molar refractivity (Wildman–Crippen MR) is 98.2 cm³/mol. The number of benzene rings is 2. The van der Waals surface area contributed by atoms with Crippen molar-refractivity contribution >= 4 is 11.9 Å². The number of carboxylic acids is 2. The summed E-state index contributed by atoms with van der Waals surface area (Å²) >= 11 is 0. The molecule has 1 aliphatic carbocycles. The van der Waals surface area contributed by atoms with Gasteiger partial charge in [-0.2, -0.15) is 0 Å². The predicted octanol–water partition coefficient (Wildman–Crippen LogP) is 3.14. The largest absolute Gasteiger partial charge is 0.481 e. The molecule has 140 valence electrons. The third-order valence-corrected chi connectivity index (χ3v) is 5.35. The SMILES string of the molecule is Cc1ccc2c(c1)Oc1ccccc1C2CC(NC1CC1C(=O)O)C(=O)O. The zero-order valence-electron chi connectivity index (χ0n) is 14.9. The van der Waals surface area contributed by atoms with Crippen LogP contribution >= 0.6 is 0 Å². The Bertz CT molecular complexity index is 909. The van der Waals surface area contributed by atoms with Gasteiger partial charge in [-0.15, -0.1) is 0 Å². The highest BCUT2D eigenvalue weighted by Crippen LogP contribution is 2.46. The molecule has 0 bridgehead atoms. The number of ether oxygens (including phenoxy) is 1. The number of hydrogen-bond donors (Lipinski definition) is 3. The van der Waals surface area contributed by atoms with Crippen LogP contribution in [0.25, 0.3) is 0 Å². The van der Waals surface area contributed by atoms with Crippen LogP contribution in [-0.2, 0) is 9.59 Å². The molecule has 1 fully saturated rings. The van der Waals surface area contributed by atoms with Gasteiger partial charge >= 0.3 is 11.9 Å². The van der Waals surface area contributed by atoms with Crippen molar-refractivity contribution in [2.24, 2.45) is 5.92 Å². The minimum atomic E-state index is -0.969. The number of aryl methyl sites for hydroxylation is 1. The van der Waals surface area contributed by atoms with Gasteiger partial charge in [0.05, 0.1) is 5.92 Å². The van der Waals surface area contributed by atoms with Crippen molar-refractivity contribution in [2.45, 2.75) is 37.8 Å². The zero-order valence-corrected chi connectivity index (χ0v) is 14.9. The fourth-order valence-corrected chi connectivity index (χ4v) is 3.81. The van der Waals surface area contributed by atoms with E-state index in [0.717, 1.165) is 28.2 Å². The Labute approximate surface area is 156 Å². The van der Waals surface area contributed by atoms with Crippen LogP contribution in [0.4, 0.5) is 0 Å². The van der Waals surface area contributed by atoms with Crippen molar-refractivity contribution in [3.8, 4) is 11.5 Å². The molecule has 4 unspecified atom stereocenters. The van der Waals surface area contributed by atoms with E-state index in [2.05, 4.69) is 5.32 Å². The first-order chi connectivity index (χ1) is 12.9. The molecule has 4 rings (SSSR count). The molecule has 3 N–H and O–H groups in total. The number of fused-ring (bicyclic) bond motifs is 2. The molecule has 0 radical (unpaired) electrons. The van der Waals surface area contributed by atoms with Crippen LogP contribution in [-0.4, -0.2) is 34.2 Å². The van der Waals surface area contributed by atoms with Crippen LogP contribution in [0.2, 0.25) is 0 Å². The lowest BCUT2D eigenvalue weighted by Gasteiger charge is -2.30. The van der Waals surface area contributed by atoms with Gasteiger partial charge in [-0.1, -0.05) is 30.3 Å². The van der Waals surface area contributed by atoms with E-state index in [1.54, 1.807) is 0 Å². The number of rotatable bonds is 6. The molecular weight excluding hydrogens is 346 g/mol. The minimum Gasteiger partial charge on any atom is -0.481 e. The van der Waals surface area contributed by atoms with Gasteiger partial charge < -0.3 is 20.3 Å². The smallest absolute Gasteiger partial charge is 0.320 e. The molecule has 2 aromatic carbocycles. The molecule has 27 heavy (non-hydrogen) atoms. The molecule has 1 aliphatic heterocycles. The van der Waals surface area contributed by atoms with E-state index in [9.17, 15) is 14.7 Å². The average molecular weight is 367 g/mol. The normalized spacial score (nSPS) is 23.5. The minimum absolute atomic E-state index is 0.138. The number of carboxylic acid groups (broad SMARTS) is 2. The molecule has 4 atom stereocenters. The topological polar surface area (TPSA) is 95.9 Å². The summed E-state index contributed by atoms with van der Waals surface area (Å²) in [4.78, 5) is 22.9. The Morgan fingerprint density at radius 1 is 1.15 bits per heavy atom. The summed E-state index contributed by atoms with van der Waals surface area (Å²) in [5.74, 6) is -1.00. The van der Waals surface area contributed by atoms with Gasteiger partial charge in [0.1, 0.15) is 17.5 Å². The van der Waals surface area contributed by atoms with E-state index in [1.165, 1.54) is 0 Å². The Morgan fingerprint density at radius 3 is 2.59 bits per heavy atom. The molecule has 1 heterocycles. The molecule has 1 saturated carbocycles. The molecule has 6 nitrogen and oxygen atoms in total. The van der Waals surface area contributed by atoms with Crippen molar-refractivity contribution in [3.05, 3.63) is 59.2 Å². The second kappa shape index (κ2) is 6.70. The molecule has 6 heteroatoms. The van der Waals surface area contributed by atoms with Crippen molar-refractivity contribution in [2.75, 3.05) is 0 Å². The highest BCUT2D eigenvalue weighted by molar-refractivity contribution is 5.76. The van der Waals surface area contributed by atoms with Gasteiger partial charge in [-0.05, 0) is 37.5 Å². The Morgan fingerprint density at radius 2 is 1.89 bits per heavy atom. The van der Waals surface area contributed by atoms with Gasteiger partial charge in [-0.3, -0.25) is 9.59 Å². The number of hydrogen-bond acceptors (Lipinski definition) is 4. The summed E-state index contributed by atoms with van der Waals surface area (Å²) in [6.07, 6.45) is 0.799. The zero-order chi connectivity index (χ0) is 19.1. The molecule has 2 aliphatic rings. The van der Waals surface area contributed by atoms with Crippen molar-refractivity contribution < 1.29 is 24.5 Å². The van der Waals surface area contributed by atoms with Crippen LogP contribution in [0.5, 0.6) is 11.5 Å². The maximum absolute atomic E-state index is 11.8. The number of carbonyl (C=O) groups is 2. The van der Waals surface area contributed by atoms with E-state index in [0.29, 0.717) is 12.8 Å². The van der Waals surface area contributed by atoms with Crippen LogP contribution < -0.4 is 10.1 Å². The van der Waals surface area contributed by atoms with E-state index < -0.39 is 23.9 Å². The van der Waals surface area contributed by atoms with E-state index in [-0.39, 0.29) is 12.0 Å². The lowest BCUT2D eigenvalue weighted by Crippen LogP contribution is -2.40. The lowest BCUT2D eigenvalue weighted by molar-refractivity contribution is -0.141. The van der Waals surface area contributed by atoms with Gasteiger partial charge in [-0.25, -0.2) is 0 Å². The van der Waals surface area contributed by atoms with Gasteiger partial charge in [0.25, 0.3) is 0 Å². The van der Waals surface area contributed by atoms with Crippen LogP contribution in [0.3, 0.4) is 0 Å². The first-order valence-electron chi connectivity index (χ1n) is 9.03. The van der Waals surface area contributed by atoms with Crippen LogP contribution in [0.15, 0.2) is 42.5 Å². The number of nitrogens with one attached hydrogen (secondary N) is 1. The highest BCUT2D eigenvalue weighted by Gasteiger charge is 2.45. The molecular formula is C21H21NO5. The van der Waals surface area contributed by atoms with E-state index in [4.69, 9.17) is 9.84 Å². The highest BCUT2D eigenvalue weighted by atomic mass is 16.5. The fourth-order valence-electron chi connectivity index (χ4n) is 3.81. The average Bonchev–Trinajstić information content (AvgIpc) is 3.40. The summed E-state index contributed by atoms with van der Waals surface area (Å²) in [6.45, 7) is 1.99. The second-order valence-corrected chi connectivity index (χ2v) is 7.31. The van der Waals surface area contributed by atoms with Gasteiger partial charge in [0, 0.05) is 23.1 Å². The summed E-state index contributed by atoms with van der Waals surface area (Å²) in [7, 11) is 0. The second-order valence-electron chi connectivity index (χ2n) is 7.31. The maximum atomic E-state index is 11.8. The van der Waals surface area contributed by atoms with E-state index in [1.807, 2.05) is 49.4 Å². The van der Waals surface area contributed by atoms with Crippen molar-refractivity contribution in [1.29, 1.82) is 0 Å². The van der Waals surface area contributed by atoms with Crippen molar-refractivity contribution in [3.63, 3.8) is 0 Å². The monoisotopic (exact) mass is 367 g/mol. The third kappa shape index (κ3) is 3.40. The quantitative estimate of drug-likeness (QED) is 0.726. The number of para-hydroxylation sites is 1. The van der Waals surface area contributed by atoms with Gasteiger partial charge in [0.15, 0.2) is 0 Å². The molecule has 0 saturated heterocycles. The summed E-state index contributed by atoms with van der Waals surface area (Å²) in [5, 5.41) is 21.8. The lowest BCUT2D eigenvalue weighted by atomic mass is 9.83. The summed E-state index contributed by atoms with van der Waals surface area (Å²) in [6, 6.07) is 12.5. The Balaban J connectivity index is 1.64. The Kier molecular flexibility index (Phi) is 4.36. The van der Waals surface area contributed by atoms with Crippen LogP contribution in [0, 0.1) is 12.8 Å². The molecule has 0 spiro atoms. The van der Waals surface area contributed by atoms with Gasteiger partial charge in [0.2, 0.25) is 0 Å². The van der Waals surface area contributed by atoms with E-state index >= 15 is 0 Å². The fraction of sp³-hybridized carbons (Fsp3) is 0.333. The summed E-state index contributed by atoms with van der Waals surface area (Å²) < 4.78 is 6.03. The standard InChI is InChI=1S/C21H21NO5/c1-11-6-7-13-14(12-4-2-3-5-18(12)27-19(13)8-11)9-17(21(25)26)22-16-10-15(16)20(23)24/h2-8,14-17,22H,9-10H2,1H3,(H,23,24)(H,25,26). The van der Waals surface area contributed by atoms with Crippen LogP contribution in [0.1, 0.15) is 35.4 Å². The molecule has 0 aromatic heterocycles. The van der Waals surface area contributed by atoms with Crippen molar-refractivity contribution in [1.82, 2.24) is 5.32 Å². The first-order valence-corrected chi connectivity index (χ1v) is 9.03.